The average Bonchev–Trinajstić information content (AvgIpc) is 2.47. The third-order valence-electron chi connectivity index (χ3n) is 4.57. The predicted molar refractivity (Wildman–Crippen MR) is 84.4 cm³/mol. The van der Waals surface area contributed by atoms with Crippen molar-refractivity contribution in [2.24, 2.45) is 5.92 Å². The molecule has 0 aliphatic carbocycles. The van der Waals surface area contributed by atoms with Gasteiger partial charge in [-0.15, -0.1) is 0 Å². The summed E-state index contributed by atoms with van der Waals surface area (Å²) >= 11 is 8.04. The van der Waals surface area contributed by atoms with Crippen LogP contribution in [0.5, 0.6) is 0 Å². The molecule has 0 radical (unpaired) electrons. The molecule has 0 saturated carbocycles. The largest absolute Gasteiger partial charge is 0.388 e. The first-order chi connectivity index (χ1) is 9.69. The summed E-state index contributed by atoms with van der Waals surface area (Å²) < 4.78 is 6.10. The second-order valence-corrected chi connectivity index (χ2v) is 7.56. The fourth-order valence-electron chi connectivity index (χ4n) is 3.39. The molecule has 2 nitrogen and oxygen atoms in total. The van der Waals surface area contributed by atoms with Crippen LogP contribution < -0.4 is 0 Å². The van der Waals surface area contributed by atoms with Crippen molar-refractivity contribution in [1.29, 1.82) is 0 Å². The van der Waals surface area contributed by atoms with E-state index < -0.39 is 6.10 Å². The number of aliphatic hydroxyl groups excluding tert-OH is 1. The second kappa shape index (κ2) is 6.27. The lowest BCUT2D eigenvalue weighted by molar-refractivity contribution is -0.121. The first-order valence-electron chi connectivity index (χ1n) is 7.34. The van der Waals surface area contributed by atoms with Crippen LogP contribution in [0.15, 0.2) is 24.3 Å². The van der Waals surface area contributed by atoms with E-state index in [1.165, 1.54) is 11.5 Å². The highest BCUT2D eigenvalue weighted by Gasteiger charge is 2.40. The number of hydrogen-bond donors (Lipinski definition) is 1. The maximum atomic E-state index is 10.7. The number of halogens is 1. The number of rotatable bonds is 2. The number of aliphatic hydroxyl groups is 1. The van der Waals surface area contributed by atoms with Gasteiger partial charge in [0.05, 0.1) is 11.7 Å². The Hall–Kier alpha value is -0.220. The minimum absolute atomic E-state index is 0.0215. The summed E-state index contributed by atoms with van der Waals surface area (Å²) in [4.78, 5) is 0. The summed E-state index contributed by atoms with van der Waals surface area (Å²) in [7, 11) is 0. The molecule has 1 aromatic rings. The molecule has 2 unspecified atom stereocenters. The zero-order valence-corrected chi connectivity index (χ0v) is 13.1. The molecule has 4 heteroatoms. The molecule has 2 aliphatic rings. The van der Waals surface area contributed by atoms with E-state index in [2.05, 4.69) is 0 Å². The third kappa shape index (κ3) is 3.16. The van der Waals surface area contributed by atoms with Crippen LogP contribution in [0.1, 0.15) is 37.4 Å². The lowest BCUT2D eigenvalue weighted by atomic mass is 9.78. The van der Waals surface area contributed by atoms with E-state index in [1.807, 2.05) is 36.0 Å². The van der Waals surface area contributed by atoms with Gasteiger partial charge in [-0.25, -0.2) is 0 Å². The molecule has 1 spiro atoms. The van der Waals surface area contributed by atoms with Crippen LogP contribution in [-0.2, 0) is 4.74 Å². The molecule has 2 aliphatic heterocycles. The van der Waals surface area contributed by atoms with E-state index in [-0.39, 0.29) is 11.5 Å². The van der Waals surface area contributed by atoms with E-state index in [0.29, 0.717) is 5.02 Å². The fourth-order valence-corrected chi connectivity index (χ4v) is 4.83. The normalized spacial score (nSPS) is 27.4. The molecule has 2 saturated heterocycles. The number of hydrogen-bond acceptors (Lipinski definition) is 3. The zero-order chi connectivity index (χ0) is 14.0. The molecule has 0 amide bonds. The number of ether oxygens (including phenoxy) is 1. The highest BCUT2D eigenvalue weighted by atomic mass is 35.5. The van der Waals surface area contributed by atoms with Crippen LogP contribution >= 0.6 is 23.4 Å². The minimum atomic E-state index is -0.427. The van der Waals surface area contributed by atoms with E-state index in [0.717, 1.165) is 37.9 Å². The predicted octanol–water partition coefficient (Wildman–Crippen LogP) is 4.07. The molecule has 0 bridgehead atoms. The summed E-state index contributed by atoms with van der Waals surface area (Å²) in [5, 5.41) is 11.4. The summed E-state index contributed by atoms with van der Waals surface area (Å²) in [5.41, 5.74) is 0.956. The van der Waals surface area contributed by atoms with Crippen molar-refractivity contribution in [2.75, 3.05) is 18.1 Å². The smallest absolute Gasteiger partial charge is 0.0820 e. The molecule has 1 N–H and O–H groups in total. The Labute approximate surface area is 129 Å². The van der Waals surface area contributed by atoms with Crippen molar-refractivity contribution in [3.8, 4) is 0 Å². The van der Waals surface area contributed by atoms with Gasteiger partial charge in [-0.05, 0) is 60.8 Å². The quantitative estimate of drug-likeness (QED) is 0.893. The molecular weight excluding hydrogens is 292 g/mol. The second-order valence-electron chi connectivity index (χ2n) is 5.90. The van der Waals surface area contributed by atoms with Crippen LogP contribution in [0.3, 0.4) is 0 Å². The number of benzene rings is 1. The van der Waals surface area contributed by atoms with E-state index in [4.69, 9.17) is 16.3 Å². The molecule has 3 rings (SSSR count). The van der Waals surface area contributed by atoms with Crippen LogP contribution in [0.4, 0.5) is 0 Å². The van der Waals surface area contributed by atoms with Gasteiger partial charge in [0.2, 0.25) is 0 Å². The van der Waals surface area contributed by atoms with Gasteiger partial charge in [0, 0.05) is 11.6 Å². The first-order valence-corrected chi connectivity index (χ1v) is 8.87. The Morgan fingerprint density at radius 3 is 2.90 bits per heavy atom. The van der Waals surface area contributed by atoms with Gasteiger partial charge in [-0.3, -0.25) is 0 Å². The highest BCUT2D eigenvalue weighted by Crippen LogP contribution is 2.43. The zero-order valence-electron chi connectivity index (χ0n) is 11.6. The fraction of sp³-hybridized carbons (Fsp3) is 0.625. The van der Waals surface area contributed by atoms with Gasteiger partial charge in [0.15, 0.2) is 0 Å². The highest BCUT2D eigenvalue weighted by molar-refractivity contribution is 7.99. The first kappa shape index (κ1) is 14.7. The van der Waals surface area contributed by atoms with Gasteiger partial charge in [-0.1, -0.05) is 23.7 Å². The Kier molecular flexibility index (Phi) is 4.61. The SMILES string of the molecule is OC(c1cccc(Cl)c1)C1CCOC2(CCSCC2)C1. The van der Waals surface area contributed by atoms with Crippen LogP contribution in [0.25, 0.3) is 0 Å². The minimum Gasteiger partial charge on any atom is -0.388 e. The molecular formula is C16H21ClO2S. The molecule has 110 valence electrons. The van der Waals surface area contributed by atoms with Crippen LogP contribution in [-0.4, -0.2) is 28.8 Å². The Bertz CT molecular complexity index is 454. The van der Waals surface area contributed by atoms with Crippen LogP contribution in [0, 0.1) is 5.92 Å². The Morgan fingerprint density at radius 1 is 1.35 bits per heavy atom. The van der Waals surface area contributed by atoms with Gasteiger partial charge < -0.3 is 9.84 Å². The maximum absolute atomic E-state index is 10.7. The standard InChI is InChI=1S/C16H21ClO2S/c17-14-3-1-2-12(10-14)15(18)13-4-7-19-16(11-13)5-8-20-9-6-16/h1-3,10,13,15,18H,4-9,11H2. The molecule has 0 aromatic heterocycles. The maximum Gasteiger partial charge on any atom is 0.0820 e. The van der Waals surface area contributed by atoms with Crippen molar-refractivity contribution < 1.29 is 9.84 Å². The average molecular weight is 313 g/mol. The Morgan fingerprint density at radius 2 is 2.15 bits per heavy atom. The van der Waals surface area contributed by atoms with Gasteiger partial charge in [-0.2, -0.15) is 11.8 Å². The van der Waals surface area contributed by atoms with Gasteiger partial charge >= 0.3 is 0 Å². The molecule has 2 fully saturated rings. The van der Waals surface area contributed by atoms with E-state index >= 15 is 0 Å². The van der Waals surface area contributed by atoms with Crippen molar-refractivity contribution in [3.63, 3.8) is 0 Å². The third-order valence-corrected chi connectivity index (χ3v) is 5.79. The van der Waals surface area contributed by atoms with Crippen molar-refractivity contribution >= 4 is 23.4 Å². The van der Waals surface area contributed by atoms with Gasteiger partial charge in [0.25, 0.3) is 0 Å². The van der Waals surface area contributed by atoms with Crippen LogP contribution in [0.2, 0.25) is 5.02 Å². The summed E-state index contributed by atoms with van der Waals surface area (Å²) in [6.07, 6.45) is 3.72. The lowest BCUT2D eigenvalue weighted by Gasteiger charge is -2.44. The van der Waals surface area contributed by atoms with E-state index in [1.54, 1.807) is 0 Å². The van der Waals surface area contributed by atoms with Crippen molar-refractivity contribution in [2.45, 2.75) is 37.4 Å². The molecule has 20 heavy (non-hydrogen) atoms. The summed E-state index contributed by atoms with van der Waals surface area (Å²) in [5.74, 6) is 2.64. The van der Waals surface area contributed by atoms with E-state index in [9.17, 15) is 5.11 Å². The summed E-state index contributed by atoms with van der Waals surface area (Å²) in [6.45, 7) is 0.771. The van der Waals surface area contributed by atoms with Gasteiger partial charge in [0.1, 0.15) is 0 Å². The summed E-state index contributed by atoms with van der Waals surface area (Å²) in [6, 6.07) is 7.61. The lowest BCUT2D eigenvalue weighted by Crippen LogP contribution is -2.44. The molecule has 1 aromatic carbocycles. The van der Waals surface area contributed by atoms with Crippen molar-refractivity contribution in [1.82, 2.24) is 0 Å². The molecule has 2 heterocycles. The monoisotopic (exact) mass is 312 g/mol. The molecule has 2 atom stereocenters. The topological polar surface area (TPSA) is 29.5 Å². The Balaban J connectivity index is 1.73. The van der Waals surface area contributed by atoms with Crippen molar-refractivity contribution in [3.05, 3.63) is 34.9 Å². The number of thioether (sulfide) groups is 1.